The summed E-state index contributed by atoms with van der Waals surface area (Å²) in [6.45, 7) is 4.44. The van der Waals surface area contributed by atoms with Crippen molar-refractivity contribution in [2.24, 2.45) is 5.92 Å². The summed E-state index contributed by atoms with van der Waals surface area (Å²) in [5, 5.41) is 4.52. The number of hydrogen-bond acceptors (Lipinski definition) is 1. The molecule has 0 aromatic heterocycles. The van der Waals surface area contributed by atoms with Crippen LogP contribution >= 0.6 is 11.6 Å². The Balaban J connectivity index is 2.26. The van der Waals surface area contributed by atoms with Crippen LogP contribution in [-0.2, 0) is 0 Å². The van der Waals surface area contributed by atoms with E-state index in [0.717, 1.165) is 24.5 Å². The van der Waals surface area contributed by atoms with Gasteiger partial charge in [0, 0.05) is 5.03 Å². The third kappa shape index (κ3) is 4.09. The lowest BCUT2D eigenvalue weighted by Gasteiger charge is -2.27. The van der Waals surface area contributed by atoms with Crippen LogP contribution in [-0.4, -0.2) is 13.1 Å². The van der Waals surface area contributed by atoms with Gasteiger partial charge in [-0.15, -0.1) is 0 Å². The van der Waals surface area contributed by atoms with Gasteiger partial charge >= 0.3 is 0 Å². The fourth-order valence-corrected chi connectivity index (χ4v) is 3.21. The molecule has 2 rings (SSSR count). The Kier molecular flexibility index (Phi) is 5.93. The molecule has 2 heteroatoms. The molecule has 1 nitrogen and oxygen atoms in total. The summed E-state index contributed by atoms with van der Waals surface area (Å²) in [4.78, 5) is 0. The van der Waals surface area contributed by atoms with Gasteiger partial charge in [-0.25, -0.2) is 0 Å². The first-order valence-corrected chi connectivity index (χ1v) is 7.85. The number of piperidine rings is 1. The second kappa shape index (κ2) is 7.72. The minimum absolute atomic E-state index is 0.619. The van der Waals surface area contributed by atoms with Crippen molar-refractivity contribution < 1.29 is 0 Å². The SMILES string of the molecule is CCCC/C(Cl)=C(\c1ccccc1)C1CCNCC1. The van der Waals surface area contributed by atoms with Gasteiger partial charge in [0.1, 0.15) is 0 Å². The fraction of sp³-hybridized carbons (Fsp3) is 0.529. The van der Waals surface area contributed by atoms with Crippen molar-refractivity contribution >= 4 is 17.2 Å². The van der Waals surface area contributed by atoms with Crippen LogP contribution in [0.5, 0.6) is 0 Å². The molecule has 1 aromatic rings. The third-order valence-electron chi connectivity index (χ3n) is 3.87. The van der Waals surface area contributed by atoms with Crippen molar-refractivity contribution in [2.75, 3.05) is 13.1 Å². The second-order valence-corrected chi connectivity index (χ2v) is 5.77. The predicted molar refractivity (Wildman–Crippen MR) is 84.3 cm³/mol. The maximum Gasteiger partial charge on any atom is 0.0221 e. The van der Waals surface area contributed by atoms with Gasteiger partial charge in [0.2, 0.25) is 0 Å². The number of hydrogen-bond donors (Lipinski definition) is 1. The van der Waals surface area contributed by atoms with Crippen LogP contribution in [0.25, 0.3) is 5.57 Å². The van der Waals surface area contributed by atoms with E-state index in [1.165, 1.54) is 36.8 Å². The van der Waals surface area contributed by atoms with Crippen LogP contribution in [0.2, 0.25) is 0 Å². The molecular formula is C17H24ClN. The Morgan fingerprint density at radius 1 is 1.21 bits per heavy atom. The summed E-state index contributed by atoms with van der Waals surface area (Å²) in [5.41, 5.74) is 2.72. The topological polar surface area (TPSA) is 12.0 Å². The number of allylic oxidation sites excluding steroid dienone is 2. The first kappa shape index (κ1) is 14.6. The van der Waals surface area contributed by atoms with Gasteiger partial charge in [0.05, 0.1) is 0 Å². The molecule has 1 aliphatic heterocycles. The van der Waals surface area contributed by atoms with Gasteiger partial charge in [-0.1, -0.05) is 55.3 Å². The van der Waals surface area contributed by atoms with Crippen molar-refractivity contribution in [2.45, 2.75) is 39.0 Å². The quantitative estimate of drug-likeness (QED) is 0.813. The minimum Gasteiger partial charge on any atom is -0.317 e. The van der Waals surface area contributed by atoms with Gasteiger partial charge in [0.25, 0.3) is 0 Å². The summed E-state index contributed by atoms with van der Waals surface area (Å²) in [6.07, 6.45) is 5.80. The van der Waals surface area contributed by atoms with E-state index in [0.29, 0.717) is 5.92 Å². The van der Waals surface area contributed by atoms with Crippen LogP contribution in [0.15, 0.2) is 35.4 Å². The highest BCUT2D eigenvalue weighted by Gasteiger charge is 2.21. The lowest BCUT2D eigenvalue weighted by atomic mass is 9.84. The molecule has 0 saturated carbocycles. The number of unbranched alkanes of at least 4 members (excludes halogenated alkanes) is 1. The maximum atomic E-state index is 6.65. The van der Waals surface area contributed by atoms with Crippen molar-refractivity contribution in [1.29, 1.82) is 0 Å². The standard InChI is InChI=1S/C17H24ClN/c1-2-3-9-16(18)17(14-7-5-4-6-8-14)15-10-12-19-13-11-15/h4-8,15,19H,2-3,9-13H2,1H3/b17-16-. The number of halogens is 1. The van der Waals surface area contributed by atoms with E-state index in [9.17, 15) is 0 Å². The van der Waals surface area contributed by atoms with Gasteiger partial charge in [-0.2, -0.15) is 0 Å². The molecule has 1 fully saturated rings. The molecular weight excluding hydrogens is 254 g/mol. The normalized spacial score (nSPS) is 18.2. The average Bonchev–Trinajstić information content (AvgIpc) is 2.47. The van der Waals surface area contributed by atoms with E-state index in [4.69, 9.17) is 11.6 Å². The molecule has 0 amide bonds. The van der Waals surface area contributed by atoms with E-state index < -0.39 is 0 Å². The second-order valence-electron chi connectivity index (χ2n) is 5.31. The van der Waals surface area contributed by atoms with Gasteiger partial charge in [0.15, 0.2) is 0 Å². The largest absolute Gasteiger partial charge is 0.317 e. The number of benzene rings is 1. The predicted octanol–water partition coefficient (Wildman–Crippen LogP) is 4.83. The summed E-state index contributed by atoms with van der Waals surface area (Å²) < 4.78 is 0. The van der Waals surface area contributed by atoms with Crippen molar-refractivity contribution in [3.05, 3.63) is 40.9 Å². The highest BCUT2D eigenvalue weighted by molar-refractivity contribution is 6.32. The molecule has 0 bridgehead atoms. The van der Waals surface area contributed by atoms with Gasteiger partial charge < -0.3 is 5.32 Å². The molecule has 0 aliphatic carbocycles. The van der Waals surface area contributed by atoms with E-state index in [2.05, 4.69) is 42.6 Å². The third-order valence-corrected chi connectivity index (χ3v) is 4.27. The molecule has 1 aromatic carbocycles. The molecule has 1 aliphatic rings. The van der Waals surface area contributed by atoms with Crippen molar-refractivity contribution in [3.63, 3.8) is 0 Å². The Hall–Kier alpha value is -0.790. The van der Waals surface area contributed by atoms with Crippen LogP contribution in [0, 0.1) is 5.92 Å². The van der Waals surface area contributed by atoms with Crippen LogP contribution in [0.4, 0.5) is 0 Å². The molecule has 1 N–H and O–H groups in total. The first-order valence-electron chi connectivity index (χ1n) is 7.47. The van der Waals surface area contributed by atoms with E-state index in [1.54, 1.807) is 0 Å². The lowest BCUT2D eigenvalue weighted by molar-refractivity contribution is 0.445. The van der Waals surface area contributed by atoms with Crippen molar-refractivity contribution in [3.8, 4) is 0 Å². The van der Waals surface area contributed by atoms with E-state index in [1.807, 2.05) is 0 Å². The Morgan fingerprint density at radius 2 is 1.89 bits per heavy atom. The van der Waals surface area contributed by atoms with E-state index in [-0.39, 0.29) is 0 Å². The zero-order valence-corrected chi connectivity index (χ0v) is 12.5. The average molecular weight is 278 g/mol. The van der Waals surface area contributed by atoms with E-state index >= 15 is 0 Å². The first-order chi connectivity index (χ1) is 9.33. The molecule has 0 atom stereocenters. The molecule has 0 unspecified atom stereocenters. The van der Waals surface area contributed by atoms with Gasteiger partial charge in [-0.05, 0) is 55.8 Å². The molecule has 104 valence electrons. The molecule has 1 saturated heterocycles. The zero-order chi connectivity index (χ0) is 13.5. The maximum absolute atomic E-state index is 6.65. The summed E-state index contributed by atoms with van der Waals surface area (Å²) in [6, 6.07) is 10.7. The lowest BCUT2D eigenvalue weighted by Crippen LogP contribution is -2.28. The van der Waals surface area contributed by atoms with Crippen LogP contribution < -0.4 is 5.32 Å². The minimum atomic E-state index is 0.619. The fourth-order valence-electron chi connectivity index (χ4n) is 2.81. The van der Waals surface area contributed by atoms with Crippen LogP contribution in [0.3, 0.4) is 0 Å². The molecule has 0 spiro atoms. The number of nitrogens with one attached hydrogen (secondary N) is 1. The smallest absolute Gasteiger partial charge is 0.0221 e. The monoisotopic (exact) mass is 277 g/mol. The zero-order valence-electron chi connectivity index (χ0n) is 11.8. The van der Waals surface area contributed by atoms with Gasteiger partial charge in [-0.3, -0.25) is 0 Å². The number of rotatable bonds is 5. The summed E-state index contributed by atoms with van der Waals surface area (Å²) in [7, 11) is 0. The van der Waals surface area contributed by atoms with Crippen LogP contribution in [0.1, 0.15) is 44.6 Å². The Morgan fingerprint density at radius 3 is 2.53 bits per heavy atom. The summed E-state index contributed by atoms with van der Waals surface area (Å²) >= 11 is 6.65. The molecule has 1 heterocycles. The highest BCUT2D eigenvalue weighted by Crippen LogP contribution is 2.36. The summed E-state index contributed by atoms with van der Waals surface area (Å²) in [5.74, 6) is 0.619. The van der Waals surface area contributed by atoms with Crippen molar-refractivity contribution in [1.82, 2.24) is 5.32 Å². The molecule has 19 heavy (non-hydrogen) atoms. The Labute approximate surface area is 122 Å². The molecule has 0 radical (unpaired) electrons. The Bertz CT molecular complexity index is 405. The highest BCUT2D eigenvalue weighted by atomic mass is 35.5.